The molecule has 1 aliphatic rings. The van der Waals surface area contributed by atoms with Crippen molar-refractivity contribution in [2.75, 3.05) is 11.9 Å². The van der Waals surface area contributed by atoms with Crippen LogP contribution in [0, 0.1) is 6.92 Å². The largest absolute Gasteiger partial charge is 0.478 e. The van der Waals surface area contributed by atoms with Crippen molar-refractivity contribution in [3.05, 3.63) is 59.2 Å². The van der Waals surface area contributed by atoms with Crippen LogP contribution in [0.2, 0.25) is 0 Å². The summed E-state index contributed by atoms with van der Waals surface area (Å²) >= 11 is 0. The van der Waals surface area contributed by atoms with Gasteiger partial charge in [-0.2, -0.15) is 0 Å². The highest BCUT2D eigenvalue weighted by Gasteiger charge is 2.27. The number of ether oxygens (including phenoxy) is 1. The molecule has 2 amide bonds. The zero-order valence-corrected chi connectivity index (χ0v) is 13.8. The summed E-state index contributed by atoms with van der Waals surface area (Å²) in [6.45, 7) is 4.24. The van der Waals surface area contributed by atoms with E-state index in [1.807, 2.05) is 25.1 Å². The molecule has 0 fully saturated rings. The quantitative estimate of drug-likeness (QED) is 0.908. The van der Waals surface area contributed by atoms with Gasteiger partial charge in [-0.1, -0.05) is 35.9 Å². The number of fused-ring (bicyclic) bond motifs is 1. The summed E-state index contributed by atoms with van der Waals surface area (Å²) < 4.78 is 5.60. The van der Waals surface area contributed by atoms with Crippen LogP contribution >= 0.6 is 0 Å². The van der Waals surface area contributed by atoms with Crippen LogP contribution in [0.5, 0.6) is 5.75 Å². The standard InChI is InChI=1S/C19H20N2O3/c1-12-5-3-6-14(11-12)9-10-20-19(23)15-7-4-8-16-17(15)24-13(2)18(22)21-16/h3-8,11,13H,9-10H2,1-2H3,(H,20,23)(H,21,22). The number of carbonyl (C=O) groups excluding carboxylic acids is 2. The first-order valence-corrected chi connectivity index (χ1v) is 7.99. The van der Waals surface area contributed by atoms with E-state index in [1.54, 1.807) is 25.1 Å². The summed E-state index contributed by atoms with van der Waals surface area (Å²) in [7, 11) is 0. The van der Waals surface area contributed by atoms with Crippen LogP contribution < -0.4 is 15.4 Å². The maximum Gasteiger partial charge on any atom is 0.265 e. The second-order valence-electron chi connectivity index (χ2n) is 5.93. The van der Waals surface area contributed by atoms with Crippen molar-refractivity contribution in [3.8, 4) is 5.75 Å². The average Bonchev–Trinajstić information content (AvgIpc) is 2.55. The molecule has 24 heavy (non-hydrogen) atoms. The lowest BCUT2D eigenvalue weighted by Gasteiger charge is -2.25. The molecule has 5 heteroatoms. The maximum atomic E-state index is 12.5. The number of hydrogen-bond donors (Lipinski definition) is 2. The van der Waals surface area contributed by atoms with Gasteiger partial charge in [-0.25, -0.2) is 0 Å². The summed E-state index contributed by atoms with van der Waals surface area (Å²) in [5.74, 6) is 0.0139. The fourth-order valence-corrected chi connectivity index (χ4v) is 2.69. The number of aryl methyl sites for hydroxylation is 1. The second-order valence-corrected chi connectivity index (χ2v) is 5.93. The zero-order chi connectivity index (χ0) is 17.1. The van der Waals surface area contributed by atoms with Crippen LogP contribution in [-0.4, -0.2) is 24.5 Å². The topological polar surface area (TPSA) is 67.4 Å². The lowest BCUT2D eigenvalue weighted by atomic mass is 10.1. The van der Waals surface area contributed by atoms with Gasteiger partial charge in [-0.15, -0.1) is 0 Å². The number of anilines is 1. The molecule has 0 spiro atoms. The minimum Gasteiger partial charge on any atom is -0.478 e. The van der Waals surface area contributed by atoms with Gasteiger partial charge in [0.15, 0.2) is 11.9 Å². The fraction of sp³-hybridized carbons (Fsp3) is 0.263. The van der Waals surface area contributed by atoms with Crippen molar-refractivity contribution in [1.29, 1.82) is 0 Å². The van der Waals surface area contributed by atoms with E-state index in [2.05, 4.69) is 16.7 Å². The third-order valence-electron chi connectivity index (χ3n) is 3.96. The van der Waals surface area contributed by atoms with Crippen LogP contribution in [0.1, 0.15) is 28.4 Å². The SMILES string of the molecule is Cc1cccc(CCNC(=O)c2cccc3c2OC(C)C(=O)N3)c1. The molecule has 0 aliphatic carbocycles. The van der Waals surface area contributed by atoms with Crippen LogP contribution in [0.25, 0.3) is 0 Å². The summed E-state index contributed by atoms with van der Waals surface area (Å²) in [4.78, 5) is 24.1. The molecule has 2 aromatic carbocycles. The molecule has 0 aromatic heterocycles. The van der Waals surface area contributed by atoms with Crippen molar-refractivity contribution >= 4 is 17.5 Å². The first kappa shape index (κ1) is 16.1. The van der Waals surface area contributed by atoms with E-state index in [1.165, 1.54) is 11.1 Å². The van der Waals surface area contributed by atoms with Crippen LogP contribution in [0.3, 0.4) is 0 Å². The molecule has 0 saturated carbocycles. The molecule has 1 unspecified atom stereocenters. The Morgan fingerprint density at radius 1 is 1.25 bits per heavy atom. The molecule has 2 N–H and O–H groups in total. The summed E-state index contributed by atoms with van der Waals surface area (Å²) in [5, 5.41) is 5.66. The van der Waals surface area contributed by atoms with Crippen molar-refractivity contribution in [3.63, 3.8) is 0 Å². The van der Waals surface area contributed by atoms with Crippen molar-refractivity contribution < 1.29 is 14.3 Å². The van der Waals surface area contributed by atoms with E-state index in [0.29, 0.717) is 23.5 Å². The van der Waals surface area contributed by atoms with Crippen LogP contribution in [-0.2, 0) is 11.2 Å². The summed E-state index contributed by atoms with van der Waals surface area (Å²) in [6.07, 6.45) is 0.148. The van der Waals surface area contributed by atoms with Crippen molar-refractivity contribution in [2.24, 2.45) is 0 Å². The Balaban J connectivity index is 1.68. The van der Waals surface area contributed by atoms with Gasteiger partial charge in [-0.05, 0) is 38.0 Å². The Morgan fingerprint density at radius 2 is 2.04 bits per heavy atom. The van der Waals surface area contributed by atoms with E-state index < -0.39 is 6.10 Å². The normalized spacial score (nSPS) is 15.9. The first-order valence-electron chi connectivity index (χ1n) is 7.99. The average molecular weight is 324 g/mol. The smallest absolute Gasteiger partial charge is 0.265 e. The minimum atomic E-state index is -0.612. The number of benzene rings is 2. The molecule has 124 valence electrons. The number of nitrogens with one attached hydrogen (secondary N) is 2. The fourth-order valence-electron chi connectivity index (χ4n) is 2.69. The molecular formula is C19H20N2O3. The van der Waals surface area contributed by atoms with Crippen molar-refractivity contribution in [2.45, 2.75) is 26.4 Å². The Kier molecular flexibility index (Phi) is 4.51. The lowest BCUT2D eigenvalue weighted by Crippen LogP contribution is -2.36. The Labute approximate surface area is 141 Å². The number of hydrogen-bond acceptors (Lipinski definition) is 3. The molecule has 1 atom stereocenters. The first-order chi connectivity index (χ1) is 11.5. The van der Waals surface area contributed by atoms with Crippen LogP contribution in [0.4, 0.5) is 5.69 Å². The predicted octanol–water partition coefficient (Wildman–Crippen LogP) is 2.69. The molecule has 3 rings (SSSR count). The van der Waals surface area contributed by atoms with E-state index in [9.17, 15) is 9.59 Å². The zero-order valence-electron chi connectivity index (χ0n) is 13.8. The minimum absolute atomic E-state index is 0.206. The van der Waals surface area contributed by atoms with Crippen molar-refractivity contribution in [1.82, 2.24) is 5.32 Å². The van der Waals surface area contributed by atoms with E-state index >= 15 is 0 Å². The maximum absolute atomic E-state index is 12.5. The van der Waals surface area contributed by atoms with Gasteiger partial charge in [0.25, 0.3) is 11.8 Å². The van der Waals surface area contributed by atoms with Gasteiger partial charge in [0.1, 0.15) is 0 Å². The number of rotatable bonds is 4. The molecule has 1 heterocycles. The molecule has 0 radical (unpaired) electrons. The number of para-hydroxylation sites is 1. The molecular weight excluding hydrogens is 304 g/mol. The third-order valence-corrected chi connectivity index (χ3v) is 3.96. The van der Waals surface area contributed by atoms with Gasteiger partial charge < -0.3 is 15.4 Å². The lowest BCUT2D eigenvalue weighted by molar-refractivity contribution is -0.122. The van der Waals surface area contributed by atoms with Gasteiger partial charge in [-0.3, -0.25) is 9.59 Å². The number of amides is 2. The molecule has 1 aliphatic heterocycles. The van der Waals surface area contributed by atoms with Gasteiger partial charge in [0.05, 0.1) is 11.3 Å². The molecule has 0 saturated heterocycles. The Morgan fingerprint density at radius 3 is 2.83 bits per heavy atom. The van der Waals surface area contributed by atoms with E-state index in [-0.39, 0.29) is 11.8 Å². The van der Waals surface area contributed by atoms with Gasteiger partial charge in [0.2, 0.25) is 0 Å². The second kappa shape index (κ2) is 6.74. The Bertz CT molecular complexity index is 786. The number of carbonyl (C=O) groups is 2. The molecule has 2 aromatic rings. The third kappa shape index (κ3) is 3.40. The van der Waals surface area contributed by atoms with Crippen LogP contribution in [0.15, 0.2) is 42.5 Å². The predicted molar refractivity (Wildman–Crippen MR) is 92.4 cm³/mol. The van der Waals surface area contributed by atoms with E-state index in [4.69, 9.17) is 4.74 Å². The van der Waals surface area contributed by atoms with E-state index in [0.717, 1.165) is 6.42 Å². The molecule has 5 nitrogen and oxygen atoms in total. The molecule has 0 bridgehead atoms. The highest BCUT2D eigenvalue weighted by atomic mass is 16.5. The van der Waals surface area contributed by atoms with Gasteiger partial charge in [0, 0.05) is 6.54 Å². The monoisotopic (exact) mass is 324 g/mol. The highest BCUT2D eigenvalue weighted by Crippen LogP contribution is 2.33. The summed E-state index contributed by atoms with van der Waals surface area (Å²) in [5.41, 5.74) is 3.35. The van der Waals surface area contributed by atoms with Gasteiger partial charge >= 0.3 is 0 Å². The Hall–Kier alpha value is -2.82. The highest BCUT2D eigenvalue weighted by molar-refractivity contribution is 6.03. The summed E-state index contributed by atoms with van der Waals surface area (Å²) in [6, 6.07) is 13.4.